The Hall–Kier alpha value is -1.10. The third kappa shape index (κ3) is 4.20. The van der Waals surface area contributed by atoms with Gasteiger partial charge in [0.15, 0.2) is 0 Å². The van der Waals surface area contributed by atoms with E-state index in [1.54, 1.807) is 7.11 Å². The Labute approximate surface area is 114 Å². The summed E-state index contributed by atoms with van der Waals surface area (Å²) in [6.07, 6.45) is 2.29. The van der Waals surface area contributed by atoms with Crippen LogP contribution in [0.1, 0.15) is 18.4 Å². The molecule has 4 nitrogen and oxygen atoms in total. The summed E-state index contributed by atoms with van der Waals surface area (Å²) in [6, 6.07) is 8.51. The van der Waals surface area contributed by atoms with Gasteiger partial charge in [-0.3, -0.25) is 4.90 Å². The monoisotopic (exact) mass is 265 g/mol. The fraction of sp³-hybridized carbons (Fsp3) is 0.600. The van der Waals surface area contributed by atoms with Gasteiger partial charge in [0.05, 0.1) is 13.2 Å². The Bertz CT molecular complexity index is 366. The van der Waals surface area contributed by atoms with Crippen molar-refractivity contribution in [3.05, 3.63) is 29.8 Å². The van der Waals surface area contributed by atoms with Crippen LogP contribution in [0, 0.1) is 0 Å². The van der Waals surface area contributed by atoms with E-state index in [0.717, 1.165) is 25.3 Å². The Morgan fingerprint density at radius 2 is 2.05 bits per heavy atom. The van der Waals surface area contributed by atoms with Crippen molar-refractivity contribution in [3.63, 3.8) is 0 Å². The van der Waals surface area contributed by atoms with Crippen molar-refractivity contribution in [2.24, 2.45) is 0 Å². The van der Waals surface area contributed by atoms with E-state index < -0.39 is 0 Å². The van der Waals surface area contributed by atoms with Crippen LogP contribution < -0.4 is 4.74 Å². The van der Waals surface area contributed by atoms with Crippen LogP contribution in [0.25, 0.3) is 0 Å². The summed E-state index contributed by atoms with van der Waals surface area (Å²) in [5.74, 6) is 0.876. The molecular weight excluding hydrogens is 242 g/mol. The minimum Gasteiger partial charge on any atom is -0.491 e. The number of benzene rings is 1. The lowest BCUT2D eigenvalue weighted by Gasteiger charge is -2.22. The van der Waals surface area contributed by atoms with Gasteiger partial charge in [-0.25, -0.2) is 0 Å². The lowest BCUT2D eigenvalue weighted by molar-refractivity contribution is 0.146. The molecule has 0 amide bonds. The molecule has 1 saturated heterocycles. The second kappa shape index (κ2) is 7.48. The Balaban J connectivity index is 1.84. The van der Waals surface area contributed by atoms with Crippen LogP contribution in [-0.4, -0.2) is 49.5 Å². The molecule has 1 aliphatic heterocycles. The summed E-state index contributed by atoms with van der Waals surface area (Å²) in [7, 11) is 1.67. The van der Waals surface area contributed by atoms with Gasteiger partial charge >= 0.3 is 0 Å². The zero-order valence-corrected chi connectivity index (χ0v) is 11.5. The molecule has 106 valence electrons. The summed E-state index contributed by atoms with van der Waals surface area (Å²) in [5, 5.41) is 9.31. The third-order valence-corrected chi connectivity index (χ3v) is 3.58. The van der Waals surface area contributed by atoms with Crippen molar-refractivity contribution < 1.29 is 14.6 Å². The molecule has 0 radical (unpaired) electrons. The predicted octanol–water partition coefficient (Wildman–Crippen LogP) is 1.67. The predicted molar refractivity (Wildman–Crippen MR) is 74.3 cm³/mol. The Kier molecular flexibility index (Phi) is 5.63. The molecule has 1 atom stereocenters. The van der Waals surface area contributed by atoms with Crippen molar-refractivity contribution in [2.75, 3.05) is 33.5 Å². The molecule has 0 saturated carbocycles. The molecule has 1 aromatic rings. The first kappa shape index (κ1) is 14.3. The number of nitrogens with zero attached hydrogens (tertiary/aromatic N) is 1. The average Bonchev–Trinajstić information content (AvgIpc) is 2.88. The first-order valence-corrected chi connectivity index (χ1v) is 6.89. The quantitative estimate of drug-likeness (QED) is 0.762. The molecule has 1 fully saturated rings. The molecule has 2 rings (SSSR count). The molecule has 4 heteroatoms. The SMILES string of the molecule is COCCOc1ccc(CN2CCC[C@@H]2CO)cc1. The van der Waals surface area contributed by atoms with Gasteiger partial charge in [-0.05, 0) is 37.1 Å². The highest BCUT2D eigenvalue weighted by molar-refractivity contribution is 5.27. The van der Waals surface area contributed by atoms with Gasteiger partial charge in [-0.1, -0.05) is 12.1 Å². The highest BCUT2D eigenvalue weighted by atomic mass is 16.5. The molecule has 0 aliphatic carbocycles. The minimum atomic E-state index is 0.262. The van der Waals surface area contributed by atoms with Crippen LogP contribution in [0.3, 0.4) is 0 Å². The normalized spacial score (nSPS) is 19.8. The number of methoxy groups -OCH3 is 1. The van der Waals surface area contributed by atoms with Crippen molar-refractivity contribution in [1.29, 1.82) is 0 Å². The van der Waals surface area contributed by atoms with E-state index in [1.165, 1.54) is 12.0 Å². The van der Waals surface area contributed by atoms with Crippen LogP contribution in [-0.2, 0) is 11.3 Å². The maximum atomic E-state index is 9.31. The number of likely N-dealkylation sites (tertiary alicyclic amines) is 1. The zero-order chi connectivity index (χ0) is 13.5. The van der Waals surface area contributed by atoms with E-state index in [-0.39, 0.29) is 6.61 Å². The largest absolute Gasteiger partial charge is 0.491 e. The Morgan fingerprint density at radius 3 is 2.74 bits per heavy atom. The van der Waals surface area contributed by atoms with Crippen molar-refractivity contribution in [2.45, 2.75) is 25.4 Å². The van der Waals surface area contributed by atoms with E-state index in [2.05, 4.69) is 17.0 Å². The standard InChI is InChI=1S/C15H23NO3/c1-18-9-10-19-15-6-4-13(5-7-15)11-16-8-2-3-14(16)12-17/h4-7,14,17H,2-3,8-12H2,1H3/t14-/m1/s1. The summed E-state index contributed by atoms with van der Waals surface area (Å²) < 4.78 is 10.5. The van der Waals surface area contributed by atoms with Gasteiger partial charge in [0.1, 0.15) is 12.4 Å². The lowest BCUT2D eigenvalue weighted by atomic mass is 10.2. The highest BCUT2D eigenvalue weighted by Crippen LogP contribution is 2.20. The fourth-order valence-electron chi connectivity index (χ4n) is 2.48. The van der Waals surface area contributed by atoms with E-state index >= 15 is 0 Å². The Morgan fingerprint density at radius 1 is 1.26 bits per heavy atom. The van der Waals surface area contributed by atoms with Gasteiger partial charge in [0, 0.05) is 19.7 Å². The number of aliphatic hydroxyl groups excluding tert-OH is 1. The zero-order valence-electron chi connectivity index (χ0n) is 11.5. The molecule has 1 aromatic carbocycles. The molecule has 1 heterocycles. The highest BCUT2D eigenvalue weighted by Gasteiger charge is 2.23. The van der Waals surface area contributed by atoms with E-state index in [0.29, 0.717) is 19.3 Å². The average molecular weight is 265 g/mol. The minimum absolute atomic E-state index is 0.262. The molecule has 0 aromatic heterocycles. The maximum Gasteiger partial charge on any atom is 0.119 e. The number of aliphatic hydroxyl groups is 1. The van der Waals surface area contributed by atoms with Gasteiger partial charge < -0.3 is 14.6 Å². The maximum absolute atomic E-state index is 9.31. The summed E-state index contributed by atoms with van der Waals surface area (Å²) in [4.78, 5) is 2.35. The van der Waals surface area contributed by atoms with Gasteiger partial charge in [-0.15, -0.1) is 0 Å². The molecule has 1 N–H and O–H groups in total. The molecular formula is C15H23NO3. The molecule has 19 heavy (non-hydrogen) atoms. The first-order chi connectivity index (χ1) is 9.33. The second-order valence-corrected chi connectivity index (χ2v) is 4.93. The summed E-state index contributed by atoms with van der Waals surface area (Å²) in [5.41, 5.74) is 1.26. The molecule has 0 unspecified atom stereocenters. The van der Waals surface area contributed by atoms with Crippen molar-refractivity contribution in [1.82, 2.24) is 4.90 Å². The fourth-order valence-corrected chi connectivity index (χ4v) is 2.48. The third-order valence-electron chi connectivity index (χ3n) is 3.58. The van der Waals surface area contributed by atoms with Gasteiger partial charge in [0.2, 0.25) is 0 Å². The molecule has 0 spiro atoms. The van der Waals surface area contributed by atoms with Crippen LogP contribution in [0.2, 0.25) is 0 Å². The first-order valence-electron chi connectivity index (χ1n) is 6.89. The van der Waals surface area contributed by atoms with Crippen LogP contribution in [0.15, 0.2) is 24.3 Å². The van der Waals surface area contributed by atoms with Crippen LogP contribution in [0.4, 0.5) is 0 Å². The second-order valence-electron chi connectivity index (χ2n) is 4.93. The van der Waals surface area contributed by atoms with Gasteiger partial charge in [-0.2, -0.15) is 0 Å². The van der Waals surface area contributed by atoms with E-state index in [1.807, 2.05) is 12.1 Å². The van der Waals surface area contributed by atoms with Crippen molar-refractivity contribution in [3.8, 4) is 5.75 Å². The lowest BCUT2D eigenvalue weighted by Crippen LogP contribution is -2.31. The topological polar surface area (TPSA) is 41.9 Å². The number of hydrogen-bond acceptors (Lipinski definition) is 4. The smallest absolute Gasteiger partial charge is 0.119 e. The van der Waals surface area contributed by atoms with Crippen LogP contribution >= 0.6 is 0 Å². The summed E-state index contributed by atoms with van der Waals surface area (Å²) >= 11 is 0. The number of rotatable bonds is 7. The number of ether oxygens (including phenoxy) is 2. The van der Waals surface area contributed by atoms with E-state index in [4.69, 9.17) is 9.47 Å². The van der Waals surface area contributed by atoms with E-state index in [9.17, 15) is 5.11 Å². The number of hydrogen-bond donors (Lipinski definition) is 1. The molecule has 0 bridgehead atoms. The molecule has 1 aliphatic rings. The summed E-state index contributed by atoms with van der Waals surface area (Å²) in [6.45, 7) is 3.43. The van der Waals surface area contributed by atoms with Crippen LogP contribution in [0.5, 0.6) is 5.75 Å². The van der Waals surface area contributed by atoms with Gasteiger partial charge in [0.25, 0.3) is 0 Å². The van der Waals surface area contributed by atoms with Crippen molar-refractivity contribution >= 4 is 0 Å².